The largest absolute Gasteiger partial charge is 0.496 e. The van der Waals surface area contributed by atoms with E-state index < -0.39 is 17.8 Å². The standard InChI is InChI=1S/C29H34N4O4/c1-7-12-33-24-15-25(37-6)20(13-21(24)19(3)16-29(33,4)5)14-23-27(35)32(28(36)31-23)17-26(34)30-22-11-9-8-10-18(22)2/h8-11,13-16H,7,12,17H2,1-6H3,(H,30,34)(H,31,36)/b23-14+. The van der Waals surface area contributed by atoms with Crippen LogP contribution in [0.5, 0.6) is 5.75 Å². The van der Waals surface area contributed by atoms with Gasteiger partial charge in [0.05, 0.1) is 12.6 Å². The van der Waals surface area contributed by atoms with Crippen LogP contribution in [0.2, 0.25) is 0 Å². The molecule has 0 unspecified atom stereocenters. The SMILES string of the molecule is CCCN1c2cc(OC)c(/C=C3/NC(=O)N(CC(=O)Nc4ccccc4C)C3=O)cc2C(C)=CC1(C)C. The Labute approximate surface area is 218 Å². The van der Waals surface area contributed by atoms with Crippen LogP contribution < -0.4 is 20.3 Å². The van der Waals surface area contributed by atoms with Crippen molar-refractivity contribution in [3.63, 3.8) is 0 Å². The number of para-hydroxylation sites is 1. The van der Waals surface area contributed by atoms with Gasteiger partial charge in [-0.15, -0.1) is 0 Å². The van der Waals surface area contributed by atoms with Gasteiger partial charge in [-0.25, -0.2) is 9.69 Å². The first-order valence-corrected chi connectivity index (χ1v) is 12.4. The lowest BCUT2D eigenvalue weighted by molar-refractivity contribution is -0.127. The van der Waals surface area contributed by atoms with Gasteiger partial charge in [0.25, 0.3) is 5.91 Å². The number of hydrogen-bond donors (Lipinski definition) is 2. The first-order valence-electron chi connectivity index (χ1n) is 12.4. The summed E-state index contributed by atoms with van der Waals surface area (Å²) in [7, 11) is 1.59. The summed E-state index contributed by atoms with van der Waals surface area (Å²) in [6.07, 6.45) is 4.85. The number of ether oxygens (including phenoxy) is 1. The molecule has 1 saturated heterocycles. The second kappa shape index (κ2) is 10.1. The molecule has 194 valence electrons. The Kier molecular flexibility index (Phi) is 7.12. The number of fused-ring (bicyclic) bond motifs is 1. The van der Waals surface area contributed by atoms with Gasteiger partial charge in [0, 0.05) is 35.1 Å². The summed E-state index contributed by atoms with van der Waals surface area (Å²) in [4.78, 5) is 41.5. The van der Waals surface area contributed by atoms with Gasteiger partial charge < -0.3 is 20.3 Å². The van der Waals surface area contributed by atoms with E-state index in [0.717, 1.165) is 40.3 Å². The fourth-order valence-corrected chi connectivity index (χ4v) is 4.96. The molecule has 2 heterocycles. The molecule has 37 heavy (non-hydrogen) atoms. The highest BCUT2D eigenvalue weighted by molar-refractivity contribution is 6.16. The number of aryl methyl sites for hydroxylation is 1. The minimum absolute atomic E-state index is 0.0927. The Morgan fingerprint density at radius 2 is 1.89 bits per heavy atom. The second-order valence-electron chi connectivity index (χ2n) is 9.99. The average molecular weight is 503 g/mol. The number of hydrogen-bond acceptors (Lipinski definition) is 5. The van der Waals surface area contributed by atoms with Gasteiger partial charge >= 0.3 is 6.03 Å². The number of methoxy groups -OCH3 is 1. The van der Waals surface area contributed by atoms with Crippen molar-refractivity contribution in [2.75, 3.05) is 30.4 Å². The molecule has 0 atom stereocenters. The zero-order valence-electron chi connectivity index (χ0n) is 22.3. The van der Waals surface area contributed by atoms with Crippen LogP contribution in [-0.4, -0.2) is 48.5 Å². The molecule has 2 aromatic rings. The lowest BCUT2D eigenvalue weighted by Gasteiger charge is -2.43. The molecule has 1 fully saturated rings. The first kappa shape index (κ1) is 26.0. The van der Waals surface area contributed by atoms with E-state index in [-0.39, 0.29) is 17.8 Å². The normalized spacial score (nSPS) is 17.5. The summed E-state index contributed by atoms with van der Waals surface area (Å²) in [6, 6.07) is 10.7. The number of carbonyl (C=O) groups is 3. The van der Waals surface area contributed by atoms with Gasteiger partial charge in [-0.3, -0.25) is 9.59 Å². The summed E-state index contributed by atoms with van der Waals surface area (Å²) >= 11 is 0. The van der Waals surface area contributed by atoms with Gasteiger partial charge in [0.15, 0.2) is 0 Å². The lowest BCUT2D eigenvalue weighted by Crippen LogP contribution is -2.45. The van der Waals surface area contributed by atoms with E-state index >= 15 is 0 Å². The Morgan fingerprint density at radius 3 is 2.57 bits per heavy atom. The van der Waals surface area contributed by atoms with Crippen molar-refractivity contribution < 1.29 is 19.1 Å². The topological polar surface area (TPSA) is 91.0 Å². The van der Waals surface area contributed by atoms with Crippen molar-refractivity contribution in [3.8, 4) is 5.75 Å². The molecule has 2 aliphatic rings. The predicted octanol–water partition coefficient (Wildman–Crippen LogP) is 4.95. The van der Waals surface area contributed by atoms with Crippen molar-refractivity contribution in [2.45, 2.75) is 46.6 Å². The van der Waals surface area contributed by atoms with Crippen molar-refractivity contribution in [1.29, 1.82) is 0 Å². The van der Waals surface area contributed by atoms with Crippen LogP contribution in [-0.2, 0) is 9.59 Å². The van der Waals surface area contributed by atoms with E-state index in [1.54, 1.807) is 19.3 Å². The number of amides is 4. The van der Waals surface area contributed by atoms with E-state index in [9.17, 15) is 14.4 Å². The number of urea groups is 1. The van der Waals surface area contributed by atoms with Crippen LogP contribution in [0.1, 0.15) is 50.8 Å². The van der Waals surface area contributed by atoms with Crippen molar-refractivity contribution >= 4 is 40.9 Å². The fraction of sp³-hybridized carbons (Fsp3) is 0.345. The van der Waals surface area contributed by atoms with Gasteiger partial charge in [-0.2, -0.15) is 0 Å². The number of benzene rings is 2. The zero-order chi connectivity index (χ0) is 26.9. The Morgan fingerprint density at radius 1 is 1.16 bits per heavy atom. The number of nitrogens with zero attached hydrogens (tertiary/aromatic N) is 2. The maximum absolute atomic E-state index is 13.1. The number of rotatable bonds is 7. The quantitative estimate of drug-likeness (QED) is 0.413. The van der Waals surface area contributed by atoms with Crippen molar-refractivity contribution in [2.24, 2.45) is 0 Å². The number of anilines is 2. The molecule has 4 rings (SSSR count). The van der Waals surface area contributed by atoms with Gasteiger partial charge in [0.1, 0.15) is 18.0 Å². The van der Waals surface area contributed by atoms with Gasteiger partial charge in [-0.1, -0.05) is 31.2 Å². The predicted molar refractivity (Wildman–Crippen MR) is 146 cm³/mol. The summed E-state index contributed by atoms with van der Waals surface area (Å²) in [5.74, 6) is -0.425. The monoisotopic (exact) mass is 502 g/mol. The van der Waals surface area contributed by atoms with E-state index in [4.69, 9.17) is 4.74 Å². The first-order chi connectivity index (χ1) is 17.6. The van der Waals surface area contributed by atoms with Crippen molar-refractivity contribution in [1.82, 2.24) is 10.2 Å². The number of nitrogens with one attached hydrogen (secondary N) is 2. The smallest absolute Gasteiger partial charge is 0.329 e. The van der Waals surface area contributed by atoms with Gasteiger partial charge in [0.2, 0.25) is 5.91 Å². The molecule has 8 heteroatoms. The summed E-state index contributed by atoms with van der Waals surface area (Å²) < 4.78 is 5.69. The molecule has 0 spiro atoms. The van der Waals surface area contributed by atoms with Crippen LogP contribution in [0.3, 0.4) is 0 Å². The molecule has 2 aromatic carbocycles. The number of carbonyl (C=O) groups excluding carboxylic acids is 3. The van der Waals surface area contributed by atoms with E-state index in [1.165, 1.54) is 0 Å². The molecule has 2 N–H and O–H groups in total. The van der Waals surface area contributed by atoms with Crippen LogP contribution >= 0.6 is 0 Å². The second-order valence-corrected chi connectivity index (χ2v) is 9.99. The summed E-state index contributed by atoms with van der Waals surface area (Å²) in [6.45, 7) is 11.0. The molecule has 0 radical (unpaired) electrons. The molecular formula is C29H34N4O4. The van der Waals surface area contributed by atoms with Crippen molar-refractivity contribution in [3.05, 3.63) is 64.9 Å². The Hall–Kier alpha value is -4.07. The Bertz CT molecular complexity index is 1330. The third-order valence-corrected chi connectivity index (χ3v) is 6.76. The zero-order valence-corrected chi connectivity index (χ0v) is 22.3. The Balaban J connectivity index is 1.61. The fourth-order valence-electron chi connectivity index (χ4n) is 4.96. The molecule has 0 aromatic heterocycles. The lowest BCUT2D eigenvalue weighted by atomic mass is 9.87. The van der Waals surface area contributed by atoms with Crippen LogP contribution in [0.4, 0.5) is 16.2 Å². The summed E-state index contributed by atoms with van der Waals surface area (Å²) in [5.41, 5.74) is 5.39. The highest BCUT2D eigenvalue weighted by atomic mass is 16.5. The highest BCUT2D eigenvalue weighted by Crippen LogP contribution is 2.42. The van der Waals surface area contributed by atoms with Gasteiger partial charge in [-0.05, 0) is 63.5 Å². The van der Waals surface area contributed by atoms with Crippen LogP contribution in [0.25, 0.3) is 11.6 Å². The van der Waals surface area contributed by atoms with Crippen LogP contribution in [0.15, 0.2) is 48.2 Å². The molecular weight excluding hydrogens is 468 g/mol. The van der Waals surface area contributed by atoms with Crippen LogP contribution in [0, 0.1) is 6.92 Å². The molecule has 4 amide bonds. The third-order valence-electron chi connectivity index (χ3n) is 6.76. The maximum Gasteiger partial charge on any atom is 0.329 e. The van der Waals surface area contributed by atoms with E-state index in [2.05, 4.69) is 49.3 Å². The van der Waals surface area contributed by atoms with E-state index in [0.29, 0.717) is 17.0 Å². The number of allylic oxidation sites excluding steroid dienone is 1. The molecule has 2 aliphatic heterocycles. The minimum atomic E-state index is -0.639. The number of imide groups is 1. The third kappa shape index (κ3) is 5.09. The molecule has 0 aliphatic carbocycles. The maximum atomic E-state index is 13.1. The average Bonchev–Trinajstić information content (AvgIpc) is 3.10. The van der Waals surface area contributed by atoms with E-state index in [1.807, 2.05) is 37.3 Å². The highest BCUT2D eigenvalue weighted by Gasteiger charge is 2.36. The summed E-state index contributed by atoms with van der Waals surface area (Å²) in [5, 5.41) is 5.36. The minimum Gasteiger partial charge on any atom is -0.496 e. The molecule has 0 bridgehead atoms. The molecule has 0 saturated carbocycles. The molecule has 8 nitrogen and oxygen atoms in total.